The maximum atomic E-state index is 14.2. The van der Waals surface area contributed by atoms with Gasteiger partial charge in [-0.1, -0.05) is 38.1 Å². The lowest BCUT2D eigenvalue weighted by atomic mass is 9.96. The third-order valence-corrected chi connectivity index (χ3v) is 6.96. The van der Waals surface area contributed by atoms with Crippen LogP contribution >= 0.6 is 11.3 Å². The highest BCUT2D eigenvalue weighted by molar-refractivity contribution is 7.08. The standard InChI is InChI=1S/C28H30N6O3S/c1-28(2,3)17-29-26(36)24(19-14-15-38-16-19)33(27(37)34-23-7-5-4-6-22(23)31-32-34)21-12-10-20(11-13-21)30-25(35)18-8-9-18/h4-7,10-16,18,24H,8-9,17H2,1-3H3,(H,29,36)(H,30,35). The molecular formula is C28H30N6O3S. The van der Waals surface area contributed by atoms with Crippen LogP contribution in [0.1, 0.15) is 45.2 Å². The number of para-hydroxylation sites is 1. The van der Waals surface area contributed by atoms with Crippen LogP contribution in [0.15, 0.2) is 65.4 Å². The first-order valence-electron chi connectivity index (χ1n) is 12.6. The molecule has 196 valence electrons. The molecule has 1 aliphatic carbocycles. The molecule has 38 heavy (non-hydrogen) atoms. The van der Waals surface area contributed by atoms with Gasteiger partial charge in [-0.2, -0.15) is 16.0 Å². The molecule has 1 aliphatic rings. The predicted octanol–water partition coefficient (Wildman–Crippen LogP) is 5.22. The summed E-state index contributed by atoms with van der Waals surface area (Å²) >= 11 is 1.45. The van der Waals surface area contributed by atoms with E-state index >= 15 is 0 Å². The van der Waals surface area contributed by atoms with Crippen molar-refractivity contribution in [3.63, 3.8) is 0 Å². The Morgan fingerprint density at radius 1 is 1.08 bits per heavy atom. The Kier molecular flexibility index (Phi) is 6.98. The number of benzene rings is 2. The average molecular weight is 531 g/mol. The molecule has 2 N–H and O–H groups in total. The van der Waals surface area contributed by atoms with Gasteiger partial charge in [0.2, 0.25) is 11.8 Å². The van der Waals surface area contributed by atoms with Crippen LogP contribution in [0, 0.1) is 11.3 Å². The smallest absolute Gasteiger partial charge is 0.352 e. The third-order valence-electron chi connectivity index (χ3n) is 6.26. The molecule has 9 nitrogen and oxygen atoms in total. The minimum atomic E-state index is -0.953. The van der Waals surface area contributed by atoms with Gasteiger partial charge in [-0.3, -0.25) is 14.5 Å². The highest BCUT2D eigenvalue weighted by Gasteiger charge is 2.36. The minimum absolute atomic E-state index is 0.00234. The van der Waals surface area contributed by atoms with Gasteiger partial charge in [0.15, 0.2) is 0 Å². The van der Waals surface area contributed by atoms with E-state index in [2.05, 4.69) is 20.9 Å². The minimum Gasteiger partial charge on any atom is -0.353 e. The van der Waals surface area contributed by atoms with Crippen LogP contribution < -0.4 is 15.5 Å². The van der Waals surface area contributed by atoms with Gasteiger partial charge in [-0.15, -0.1) is 5.10 Å². The van der Waals surface area contributed by atoms with E-state index in [-0.39, 0.29) is 23.1 Å². The highest BCUT2D eigenvalue weighted by Crippen LogP contribution is 2.33. The zero-order chi connectivity index (χ0) is 26.9. The van der Waals surface area contributed by atoms with Crippen molar-refractivity contribution in [2.45, 2.75) is 39.7 Å². The second-order valence-electron chi connectivity index (χ2n) is 10.7. The number of anilines is 2. The largest absolute Gasteiger partial charge is 0.353 e. The average Bonchev–Trinajstić information content (AvgIpc) is 3.44. The summed E-state index contributed by atoms with van der Waals surface area (Å²) in [6.07, 6.45) is 1.81. The van der Waals surface area contributed by atoms with Crippen LogP contribution in [0.5, 0.6) is 0 Å². The molecule has 2 aromatic carbocycles. The van der Waals surface area contributed by atoms with E-state index in [0.29, 0.717) is 34.5 Å². The van der Waals surface area contributed by atoms with Crippen LogP contribution in [-0.2, 0) is 9.59 Å². The number of fused-ring (bicyclic) bond motifs is 1. The van der Waals surface area contributed by atoms with Crippen LogP contribution in [0.3, 0.4) is 0 Å². The fraction of sp³-hybridized carbons (Fsp3) is 0.321. The van der Waals surface area contributed by atoms with Crippen LogP contribution in [0.2, 0.25) is 0 Å². The Morgan fingerprint density at radius 3 is 2.47 bits per heavy atom. The number of hydrogen-bond acceptors (Lipinski definition) is 6. The van der Waals surface area contributed by atoms with E-state index < -0.39 is 12.1 Å². The molecule has 0 saturated heterocycles. The summed E-state index contributed by atoms with van der Waals surface area (Å²) in [6.45, 7) is 6.54. The normalized spacial score (nSPS) is 14.2. The summed E-state index contributed by atoms with van der Waals surface area (Å²) in [5.74, 6) is -0.234. The first kappa shape index (κ1) is 25.6. The number of amides is 3. The van der Waals surface area contributed by atoms with Gasteiger partial charge in [0.05, 0.1) is 5.52 Å². The van der Waals surface area contributed by atoms with Gasteiger partial charge in [0, 0.05) is 23.8 Å². The lowest BCUT2D eigenvalue weighted by Crippen LogP contribution is -2.47. The molecule has 1 fully saturated rings. The molecule has 2 heterocycles. The molecule has 5 rings (SSSR count). The molecule has 0 bridgehead atoms. The first-order chi connectivity index (χ1) is 18.2. The number of aromatic nitrogens is 3. The van der Waals surface area contributed by atoms with E-state index in [9.17, 15) is 14.4 Å². The van der Waals surface area contributed by atoms with Gasteiger partial charge in [0.1, 0.15) is 11.6 Å². The maximum absolute atomic E-state index is 14.2. The Bertz CT molecular complexity index is 1450. The fourth-order valence-corrected chi connectivity index (χ4v) is 4.75. The quantitative estimate of drug-likeness (QED) is 0.341. The van der Waals surface area contributed by atoms with E-state index in [1.807, 2.05) is 49.7 Å². The topological polar surface area (TPSA) is 109 Å². The monoisotopic (exact) mass is 530 g/mol. The SMILES string of the molecule is CC(C)(C)CNC(=O)C(c1ccsc1)N(C(=O)n1nnc2ccccc21)c1ccc(NC(=O)C2CC2)cc1. The van der Waals surface area contributed by atoms with Crippen LogP contribution in [0.4, 0.5) is 16.2 Å². The number of nitrogens with zero attached hydrogens (tertiary/aromatic N) is 4. The van der Waals surface area contributed by atoms with Gasteiger partial charge in [0.25, 0.3) is 0 Å². The first-order valence-corrected chi connectivity index (χ1v) is 13.5. The Balaban J connectivity index is 1.56. The van der Waals surface area contributed by atoms with Gasteiger partial charge in [-0.25, -0.2) is 4.79 Å². The second kappa shape index (κ2) is 10.4. The van der Waals surface area contributed by atoms with Crippen molar-refractivity contribution in [1.29, 1.82) is 0 Å². The van der Waals surface area contributed by atoms with E-state index in [4.69, 9.17) is 0 Å². The van der Waals surface area contributed by atoms with Crippen molar-refractivity contribution in [2.24, 2.45) is 11.3 Å². The number of rotatable bonds is 7. The number of carbonyl (C=O) groups excluding carboxylic acids is 3. The van der Waals surface area contributed by atoms with Crippen molar-refractivity contribution in [2.75, 3.05) is 16.8 Å². The van der Waals surface area contributed by atoms with Crippen molar-refractivity contribution < 1.29 is 14.4 Å². The molecule has 0 aliphatic heterocycles. The van der Waals surface area contributed by atoms with Crippen molar-refractivity contribution in [3.05, 3.63) is 70.9 Å². The summed E-state index contributed by atoms with van der Waals surface area (Å²) in [4.78, 5) is 41.6. The molecule has 1 unspecified atom stereocenters. The Labute approximate surface area is 224 Å². The maximum Gasteiger partial charge on any atom is 0.352 e. The predicted molar refractivity (Wildman–Crippen MR) is 148 cm³/mol. The zero-order valence-corrected chi connectivity index (χ0v) is 22.4. The van der Waals surface area contributed by atoms with Crippen LogP contribution in [-0.4, -0.2) is 39.4 Å². The van der Waals surface area contributed by atoms with Crippen molar-refractivity contribution in [3.8, 4) is 0 Å². The molecule has 10 heteroatoms. The molecule has 1 saturated carbocycles. The number of carbonyl (C=O) groups is 3. The highest BCUT2D eigenvalue weighted by atomic mass is 32.1. The molecule has 2 aromatic heterocycles. The summed E-state index contributed by atoms with van der Waals surface area (Å²) < 4.78 is 1.22. The lowest BCUT2D eigenvalue weighted by molar-refractivity contribution is -0.122. The number of nitrogens with one attached hydrogen (secondary N) is 2. The van der Waals surface area contributed by atoms with Crippen molar-refractivity contribution >= 4 is 51.6 Å². The third kappa shape index (κ3) is 5.60. The lowest BCUT2D eigenvalue weighted by Gasteiger charge is -2.31. The zero-order valence-electron chi connectivity index (χ0n) is 21.5. The van der Waals surface area contributed by atoms with E-state index in [1.54, 1.807) is 36.4 Å². The summed E-state index contributed by atoms with van der Waals surface area (Å²) in [7, 11) is 0. The Morgan fingerprint density at radius 2 is 1.82 bits per heavy atom. The van der Waals surface area contributed by atoms with Gasteiger partial charge in [-0.05, 0) is 77.0 Å². The van der Waals surface area contributed by atoms with E-state index in [1.165, 1.54) is 20.9 Å². The molecule has 3 amide bonds. The van der Waals surface area contributed by atoms with E-state index in [0.717, 1.165) is 12.8 Å². The molecular weight excluding hydrogens is 500 g/mol. The van der Waals surface area contributed by atoms with Gasteiger partial charge < -0.3 is 10.6 Å². The summed E-state index contributed by atoms with van der Waals surface area (Å²) in [6, 6.07) is 14.5. The van der Waals surface area contributed by atoms with Crippen molar-refractivity contribution in [1.82, 2.24) is 20.3 Å². The fourth-order valence-electron chi connectivity index (χ4n) is 4.07. The second-order valence-corrected chi connectivity index (χ2v) is 11.5. The number of hydrogen-bond donors (Lipinski definition) is 2. The molecule has 0 spiro atoms. The molecule has 0 radical (unpaired) electrons. The molecule has 1 atom stereocenters. The number of thiophene rings is 1. The van der Waals surface area contributed by atoms with Crippen LogP contribution in [0.25, 0.3) is 11.0 Å². The molecule has 4 aromatic rings. The summed E-state index contributed by atoms with van der Waals surface area (Å²) in [5, 5.41) is 18.0. The Hall–Kier alpha value is -4.05. The van der Waals surface area contributed by atoms with Gasteiger partial charge >= 0.3 is 6.03 Å². The summed E-state index contributed by atoms with van der Waals surface area (Å²) in [5.41, 5.74) is 2.77.